The highest BCUT2D eigenvalue weighted by Gasteiger charge is 2.20. The van der Waals surface area contributed by atoms with Gasteiger partial charge in [0.15, 0.2) is 0 Å². The lowest BCUT2D eigenvalue weighted by atomic mass is 9.97. The summed E-state index contributed by atoms with van der Waals surface area (Å²) in [6.45, 7) is 1.04. The second-order valence-electron chi connectivity index (χ2n) is 4.94. The molecule has 0 bridgehead atoms. The Balaban J connectivity index is 1.76. The van der Waals surface area contributed by atoms with Crippen LogP contribution in [0.25, 0.3) is 0 Å². The van der Waals surface area contributed by atoms with Crippen LogP contribution in [-0.4, -0.2) is 13.2 Å². The van der Waals surface area contributed by atoms with Crippen LogP contribution in [0.1, 0.15) is 17.2 Å². The molecule has 2 nitrogen and oxygen atoms in total. The van der Waals surface area contributed by atoms with Gasteiger partial charge in [-0.2, -0.15) is 0 Å². The number of nitrogens with one attached hydrogen (secondary N) is 1. The first-order valence-electron chi connectivity index (χ1n) is 6.73. The van der Waals surface area contributed by atoms with E-state index in [0.29, 0.717) is 13.2 Å². The minimum atomic E-state index is -0.496. The normalized spacial score (nSPS) is 17.4. The lowest BCUT2D eigenvalue weighted by molar-refractivity contribution is 0.0513. The maximum atomic E-state index is 13.8. The lowest BCUT2D eigenvalue weighted by Crippen LogP contribution is -2.23. The van der Waals surface area contributed by atoms with Crippen molar-refractivity contribution in [2.24, 2.45) is 0 Å². The van der Waals surface area contributed by atoms with Crippen molar-refractivity contribution < 1.29 is 13.5 Å². The molecule has 0 aromatic heterocycles. The number of fused-ring (bicyclic) bond motifs is 1. The van der Waals surface area contributed by atoms with Crippen LogP contribution in [0.2, 0.25) is 0 Å². The Morgan fingerprint density at radius 2 is 2.00 bits per heavy atom. The van der Waals surface area contributed by atoms with E-state index in [1.807, 2.05) is 18.2 Å². The van der Waals surface area contributed by atoms with Crippen molar-refractivity contribution in [2.45, 2.75) is 12.5 Å². The number of anilines is 1. The van der Waals surface area contributed by atoms with Crippen molar-refractivity contribution in [1.29, 1.82) is 0 Å². The molecule has 1 aliphatic rings. The smallest absolute Gasteiger partial charge is 0.147 e. The van der Waals surface area contributed by atoms with Gasteiger partial charge in [-0.25, -0.2) is 8.78 Å². The highest BCUT2D eigenvalue weighted by atomic mass is 79.9. The number of ether oxygens (including phenoxy) is 1. The molecule has 1 aliphatic heterocycles. The Morgan fingerprint density at radius 1 is 1.19 bits per heavy atom. The zero-order valence-corrected chi connectivity index (χ0v) is 12.8. The van der Waals surface area contributed by atoms with Gasteiger partial charge >= 0.3 is 0 Å². The highest BCUT2D eigenvalue weighted by molar-refractivity contribution is 9.10. The quantitative estimate of drug-likeness (QED) is 0.823. The van der Waals surface area contributed by atoms with E-state index in [4.69, 9.17) is 4.74 Å². The summed E-state index contributed by atoms with van der Waals surface area (Å²) in [5.41, 5.74) is 2.50. The molecule has 0 aliphatic carbocycles. The largest absolute Gasteiger partial charge is 0.380 e. The Labute approximate surface area is 130 Å². The van der Waals surface area contributed by atoms with Crippen molar-refractivity contribution >= 4 is 21.6 Å². The van der Waals surface area contributed by atoms with E-state index in [-0.39, 0.29) is 16.3 Å². The monoisotopic (exact) mass is 353 g/mol. The standard InChI is InChI=1S/C16H14BrF2NO/c17-12-7-14(19)15(8-13(12)18)20-9-16-11-4-2-1-3-10(11)5-6-21-16/h1-4,7-8,16,20H,5-6,9H2. The van der Waals surface area contributed by atoms with Gasteiger partial charge in [0.25, 0.3) is 0 Å². The third kappa shape index (κ3) is 3.09. The summed E-state index contributed by atoms with van der Waals surface area (Å²) in [5.74, 6) is -0.990. The topological polar surface area (TPSA) is 21.3 Å². The number of benzene rings is 2. The van der Waals surface area contributed by atoms with Gasteiger partial charge in [-0.3, -0.25) is 0 Å². The van der Waals surface area contributed by atoms with Crippen LogP contribution in [0, 0.1) is 11.6 Å². The summed E-state index contributed by atoms with van der Waals surface area (Å²) in [7, 11) is 0. The van der Waals surface area contributed by atoms with Crippen LogP contribution in [0.4, 0.5) is 14.5 Å². The zero-order chi connectivity index (χ0) is 14.8. The van der Waals surface area contributed by atoms with Gasteiger partial charge in [0.05, 0.1) is 22.9 Å². The fourth-order valence-electron chi connectivity index (χ4n) is 2.51. The van der Waals surface area contributed by atoms with Gasteiger partial charge in [-0.1, -0.05) is 24.3 Å². The molecule has 3 rings (SSSR count). The molecule has 21 heavy (non-hydrogen) atoms. The first-order valence-corrected chi connectivity index (χ1v) is 7.52. The van der Waals surface area contributed by atoms with E-state index in [2.05, 4.69) is 27.3 Å². The van der Waals surface area contributed by atoms with Crippen LogP contribution >= 0.6 is 15.9 Å². The second kappa shape index (κ2) is 6.12. The minimum absolute atomic E-state index is 0.116. The van der Waals surface area contributed by atoms with E-state index in [1.54, 1.807) is 0 Å². The first kappa shape index (κ1) is 14.5. The molecular formula is C16H14BrF2NO. The molecule has 0 radical (unpaired) electrons. The van der Waals surface area contributed by atoms with Gasteiger partial charge in [-0.05, 0) is 39.5 Å². The summed E-state index contributed by atoms with van der Waals surface area (Å²) in [6, 6.07) is 10.3. The van der Waals surface area contributed by atoms with Crippen LogP contribution < -0.4 is 5.32 Å². The number of hydrogen-bond donors (Lipinski definition) is 1. The van der Waals surface area contributed by atoms with E-state index in [0.717, 1.165) is 24.1 Å². The molecule has 0 saturated carbocycles. The molecule has 110 valence electrons. The molecule has 1 unspecified atom stereocenters. The van der Waals surface area contributed by atoms with Crippen LogP contribution in [0.3, 0.4) is 0 Å². The van der Waals surface area contributed by atoms with E-state index in [1.165, 1.54) is 5.56 Å². The molecular weight excluding hydrogens is 340 g/mol. The van der Waals surface area contributed by atoms with Gasteiger partial charge in [0, 0.05) is 12.6 Å². The predicted molar refractivity (Wildman–Crippen MR) is 81.4 cm³/mol. The molecule has 2 aromatic rings. The SMILES string of the molecule is Fc1cc(NCC2OCCc3ccccc32)c(F)cc1Br. The second-order valence-corrected chi connectivity index (χ2v) is 5.79. The summed E-state index contributed by atoms with van der Waals surface area (Å²) in [5, 5.41) is 2.93. The van der Waals surface area contributed by atoms with Crippen molar-refractivity contribution in [1.82, 2.24) is 0 Å². The van der Waals surface area contributed by atoms with Crippen molar-refractivity contribution in [3.05, 3.63) is 63.6 Å². The molecule has 2 aromatic carbocycles. The zero-order valence-electron chi connectivity index (χ0n) is 11.2. The summed E-state index contributed by atoms with van der Waals surface area (Å²) >= 11 is 2.96. The summed E-state index contributed by atoms with van der Waals surface area (Å²) in [4.78, 5) is 0. The lowest BCUT2D eigenvalue weighted by Gasteiger charge is -2.26. The number of rotatable bonds is 3. The molecule has 5 heteroatoms. The van der Waals surface area contributed by atoms with Gasteiger partial charge in [0.2, 0.25) is 0 Å². The molecule has 1 heterocycles. The van der Waals surface area contributed by atoms with E-state index >= 15 is 0 Å². The Kier molecular flexibility index (Phi) is 4.22. The maximum absolute atomic E-state index is 13.8. The average Bonchev–Trinajstić information content (AvgIpc) is 2.49. The summed E-state index contributed by atoms with van der Waals surface area (Å²) in [6.07, 6.45) is 0.731. The Bertz CT molecular complexity index is 663. The predicted octanol–water partition coefficient (Wildman–Crippen LogP) is 4.45. The van der Waals surface area contributed by atoms with Crippen LogP contribution in [0.15, 0.2) is 40.9 Å². The molecule has 1 N–H and O–H groups in total. The molecule has 0 saturated heterocycles. The molecule has 1 atom stereocenters. The van der Waals surface area contributed by atoms with Gasteiger partial charge < -0.3 is 10.1 Å². The first-order chi connectivity index (χ1) is 10.1. The summed E-state index contributed by atoms with van der Waals surface area (Å²) < 4.78 is 33.1. The Hall–Kier alpha value is -1.46. The van der Waals surface area contributed by atoms with Crippen LogP contribution in [0.5, 0.6) is 0 Å². The number of hydrogen-bond acceptors (Lipinski definition) is 2. The third-order valence-electron chi connectivity index (χ3n) is 3.58. The fraction of sp³-hybridized carbons (Fsp3) is 0.250. The van der Waals surface area contributed by atoms with Gasteiger partial charge in [-0.15, -0.1) is 0 Å². The molecule has 0 amide bonds. The van der Waals surface area contributed by atoms with Crippen molar-refractivity contribution in [3.63, 3.8) is 0 Å². The van der Waals surface area contributed by atoms with E-state index in [9.17, 15) is 8.78 Å². The Morgan fingerprint density at radius 3 is 2.86 bits per heavy atom. The van der Waals surface area contributed by atoms with Crippen molar-refractivity contribution in [3.8, 4) is 0 Å². The maximum Gasteiger partial charge on any atom is 0.147 e. The third-order valence-corrected chi connectivity index (χ3v) is 4.19. The fourth-order valence-corrected chi connectivity index (χ4v) is 2.82. The number of halogens is 3. The average molecular weight is 354 g/mol. The molecule has 0 spiro atoms. The van der Waals surface area contributed by atoms with Crippen molar-refractivity contribution in [2.75, 3.05) is 18.5 Å². The minimum Gasteiger partial charge on any atom is -0.380 e. The molecule has 0 fully saturated rings. The van der Waals surface area contributed by atoms with Crippen LogP contribution in [-0.2, 0) is 11.2 Å². The van der Waals surface area contributed by atoms with Gasteiger partial charge in [0.1, 0.15) is 11.6 Å². The van der Waals surface area contributed by atoms with E-state index < -0.39 is 11.6 Å². The highest BCUT2D eigenvalue weighted by Crippen LogP contribution is 2.28.